The molecule has 0 unspecified atom stereocenters. The van der Waals surface area contributed by atoms with Crippen molar-refractivity contribution in [3.8, 4) is 0 Å². The molecule has 6 aromatic rings. The van der Waals surface area contributed by atoms with Crippen LogP contribution < -0.4 is 42.6 Å². The highest BCUT2D eigenvalue weighted by Gasteiger charge is 2.47. The van der Waals surface area contributed by atoms with Crippen molar-refractivity contribution < 1.29 is 0 Å². The highest BCUT2D eigenvalue weighted by Crippen LogP contribution is 2.46. The van der Waals surface area contributed by atoms with Crippen molar-refractivity contribution in [2.45, 2.75) is 119 Å². The molecule has 0 aliphatic carbocycles. The van der Waals surface area contributed by atoms with Crippen molar-refractivity contribution >= 4 is 80.3 Å². The van der Waals surface area contributed by atoms with Crippen LogP contribution in [0, 0.1) is 0 Å². The normalized spacial score (nSPS) is 14.0. The van der Waals surface area contributed by atoms with Crippen LogP contribution in [-0.4, -0.2) is 13.4 Å². The summed E-state index contributed by atoms with van der Waals surface area (Å²) >= 11 is 0. The SMILES string of the molecule is CC(C)c1cc(B2c3ccc(C(C)C)cc3N3c4cccc5c4B(c4cc(C(C)C)ccc4N5c4cc(C(C)C)cc(C(C)C)c4)c4cccc2c43)cc(C(C)C)c1. The van der Waals surface area contributed by atoms with Gasteiger partial charge in [-0.25, -0.2) is 0 Å². The minimum absolute atomic E-state index is 0.101. The van der Waals surface area contributed by atoms with Gasteiger partial charge in [0.05, 0.1) is 0 Å². The first-order chi connectivity index (χ1) is 27.7. The first-order valence-corrected chi connectivity index (χ1v) is 22.2. The van der Waals surface area contributed by atoms with Crippen LogP contribution in [0.15, 0.2) is 109 Å². The van der Waals surface area contributed by atoms with Gasteiger partial charge in [-0.15, -0.1) is 0 Å². The topological polar surface area (TPSA) is 6.48 Å². The predicted molar refractivity (Wildman–Crippen MR) is 256 cm³/mol. The van der Waals surface area contributed by atoms with Crippen molar-refractivity contribution in [3.05, 3.63) is 143 Å². The summed E-state index contributed by atoms with van der Waals surface area (Å²) in [5.41, 5.74) is 24.7. The fourth-order valence-corrected chi connectivity index (χ4v) is 10.0. The van der Waals surface area contributed by atoms with Crippen LogP contribution >= 0.6 is 0 Å². The Kier molecular flexibility index (Phi) is 9.58. The standard InChI is InChI=1S/C54H60B2N2/c1-31(2)37-20-22-49-48(29-37)56-47-16-13-15-46-54(47)58(51-18-14-17-50(53(51)56)57(49)44-27-41(35(9)10)24-42(28-44)36(11)12)52-30-38(32(3)4)19-21-45(52)55(46)43-25-39(33(5)6)23-40(26-43)34(7)8/h13-36H,1-12H3. The van der Waals surface area contributed by atoms with Gasteiger partial charge in [-0.3, -0.25) is 0 Å². The van der Waals surface area contributed by atoms with E-state index in [-0.39, 0.29) is 13.4 Å². The second-order valence-corrected chi connectivity index (χ2v) is 19.4. The summed E-state index contributed by atoms with van der Waals surface area (Å²) in [4.78, 5) is 5.28. The van der Waals surface area contributed by atoms with Crippen LogP contribution in [0.25, 0.3) is 0 Å². The van der Waals surface area contributed by atoms with Gasteiger partial charge >= 0.3 is 0 Å². The lowest BCUT2D eigenvalue weighted by Crippen LogP contribution is -2.66. The molecule has 58 heavy (non-hydrogen) atoms. The zero-order valence-electron chi connectivity index (χ0n) is 36.9. The lowest BCUT2D eigenvalue weighted by molar-refractivity contribution is 0.833. The Balaban J connectivity index is 1.37. The van der Waals surface area contributed by atoms with Crippen LogP contribution in [0.4, 0.5) is 34.1 Å². The molecule has 0 fully saturated rings. The van der Waals surface area contributed by atoms with Gasteiger partial charge in [-0.05, 0) is 133 Å². The van der Waals surface area contributed by atoms with E-state index in [0.29, 0.717) is 35.5 Å². The van der Waals surface area contributed by atoms with Crippen molar-refractivity contribution in [1.29, 1.82) is 0 Å². The molecule has 0 saturated carbocycles. The Morgan fingerprint density at radius 2 is 0.828 bits per heavy atom. The van der Waals surface area contributed by atoms with E-state index in [2.05, 4.69) is 202 Å². The van der Waals surface area contributed by atoms with Crippen LogP contribution in [0.3, 0.4) is 0 Å². The van der Waals surface area contributed by atoms with Gasteiger partial charge in [0, 0.05) is 34.1 Å². The van der Waals surface area contributed by atoms with E-state index in [9.17, 15) is 0 Å². The van der Waals surface area contributed by atoms with Gasteiger partial charge < -0.3 is 9.80 Å². The van der Waals surface area contributed by atoms with E-state index < -0.39 is 0 Å². The molecule has 292 valence electrons. The Morgan fingerprint density at radius 3 is 1.40 bits per heavy atom. The van der Waals surface area contributed by atoms with Crippen molar-refractivity contribution in [1.82, 2.24) is 0 Å². The van der Waals surface area contributed by atoms with Gasteiger partial charge in [0.15, 0.2) is 0 Å². The van der Waals surface area contributed by atoms with Crippen LogP contribution in [-0.2, 0) is 0 Å². The Labute approximate surface area is 349 Å². The average Bonchev–Trinajstić information content (AvgIpc) is 3.20. The molecule has 3 aliphatic heterocycles. The zero-order chi connectivity index (χ0) is 40.9. The third-order valence-electron chi connectivity index (χ3n) is 13.5. The number of para-hydroxylation sites is 1. The molecule has 0 N–H and O–H groups in total. The Morgan fingerprint density at radius 1 is 0.345 bits per heavy atom. The van der Waals surface area contributed by atoms with Gasteiger partial charge in [0.1, 0.15) is 0 Å². The molecule has 3 aliphatic rings. The highest BCUT2D eigenvalue weighted by atomic mass is 15.2. The molecule has 3 heterocycles. The summed E-state index contributed by atoms with van der Waals surface area (Å²) in [5, 5.41) is 0. The molecule has 4 heteroatoms. The van der Waals surface area contributed by atoms with Gasteiger partial charge in [-0.1, -0.05) is 161 Å². The second-order valence-electron chi connectivity index (χ2n) is 19.4. The number of hydrogen-bond acceptors (Lipinski definition) is 2. The van der Waals surface area contributed by atoms with Gasteiger partial charge in [0.25, 0.3) is 6.71 Å². The number of rotatable bonds is 8. The summed E-state index contributed by atoms with van der Waals surface area (Å²) in [6.45, 7) is 28.2. The Bertz CT molecular complexity index is 2350. The molecule has 0 saturated heterocycles. The minimum atomic E-state index is 0.101. The molecule has 2 nitrogen and oxygen atoms in total. The molecule has 9 rings (SSSR count). The molecule has 0 radical (unpaired) electrons. The van der Waals surface area contributed by atoms with Gasteiger partial charge in [-0.2, -0.15) is 0 Å². The van der Waals surface area contributed by atoms with Crippen molar-refractivity contribution in [3.63, 3.8) is 0 Å². The van der Waals surface area contributed by atoms with Gasteiger partial charge in [0.2, 0.25) is 6.71 Å². The highest BCUT2D eigenvalue weighted by molar-refractivity contribution is 7.03. The number of nitrogens with zero attached hydrogens (tertiary/aromatic N) is 2. The number of benzene rings is 6. The quantitative estimate of drug-likeness (QED) is 0.142. The largest absolute Gasteiger partial charge is 0.312 e. The van der Waals surface area contributed by atoms with E-state index in [1.807, 2.05) is 0 Å². The number of fused-ring (bicyclic) bond motifs is 6. The summed E-state index contributed by atoms with van der Waals surface area (Å²) < 4.78 is 0. The summed E-state index contributed by atoms with van der Waals surface area (Å²) in [7, 11) is 0. The second kappa shape index (κ2) is 14.4. The maximum Gasteiger partial charge on any atom is 0.252 e. The minimum Gasteiger partial charge on any atom is -0.312 e. The van der Waals surface area contributed by atoms with E-state index in [1.165, 1.54) is 100 Å². The molecular formula is C54H60B2N2. The van der Waals surface area contributed by atoms with Crippen molar-refractivity contribution in [2.24, 2.45) is 0 Å². The zero-order valence-corrected chi connectivity index (χ0v) is 36.9. The molecular weight excluding hydrogens is 698 g/mol. The molecule has 6 aromatic carbocycles. The average molecular weight is 759 g/mol. The third-order valence-corrected chi connectivity index (χ3v) is 13.5. The lowest BCUT2D eigenvalue weighted by Gasteiger charge is -2.47. The lowest BCUT2D eigenvalue weighted by atomic mass is 9.29. The van der Waals surface area contributed by atoms with Crippen molar-refractivity contribution in [2.75, 3.05) is 9.80 Å². The fraction of sp³-hybridized carbons (Fsp3) is 0.333. The summed E-state index contributed by atoms with van der Waals surface area (Å²) in [6, 6.07) is 43.9. The molecule has 0 amide bonds. The maximum atomic E-state index is 2.67. The molecule has 0 bridgehead atoms. The first kappa shape index (κ1) is 38.6. The number of hydrogen-bond donors (Lipinski definition) is 0. The predicted octanol–water partition coefficient (Wildman–Crippen LogP) is 11.3. The van der Waals surface area contributed by atoms with E-state index in [0.717, 1.165) is 0 Å². The molecule has 0 spiro atoms. The van der Waals surface area contributed by atoms with Crippen LogP contribution in [0.2, 0.25) is 0 Å². The third kappa shape index (κ3) is 6.08. The number of anilines is 6. The van der Waals surface area contributed by atoms with E-state index in [4.69, 9.17) is 0 Å². The van der Waals surface area contributed by atoms with Crippen LogP contribution in [0.5, 0.6) is 0 Å². The summed E-state index contributed by atoms with van der Waals surface area (Å²) in [6.07, 6.45) is 0. The molecule has 0 aromatic heterocycles. The summed E-state index contributed by atoms with van der Waals surface area (Å²) in [5.74, 6) is 2.60. The first-order valence-electron chi connectivity index (χ1n) is 22.2. The fourth-order valence-electron chi connectivity index (χ4n) is 10.0. The monoisotopic (exact) mass is 758 g/mol. The van der Waals surface area contributed by atoms with E-state index in [1.54, 1.807) is 0 Å². The molecule has 0 atom stereocenters. The van der Waals surface area contributed by atoms with Crippen LogP contribution in [0.1, 0.15) is 152 Å². The smallest absolute Gasteiger partial charge is 0.252 e. The maximum absolute atomic E-state index is 2.67. The Hall–Kier alpha value is -4.95. The van der Waals surface area contributed by atoms with E-state index >= 15 is 0 Å².